The monoisotopic (exact) mass is 432 g/mol. The van der Waals surface area contributed by atoms with Gasteiger partial charge in [0.25, 0.3) is 0 Å². The summed E-state index contributed by atoms with van der Waals surface area (Å²) in [5.41, 5.74) is 9.37. The highest BCUT2D eigenvalue weighted by atomic mass is 16.6. The van der Waals surface area contributed by atoms with E-state index in [2.05, 4.69) is 20.3 Å². The molecule has 0 aromatic carbocycles. The Hall–Kier alpha value is -3.00. The van der Waals surface area contributed by atoms with E-state index < -0.39 is 23.4 Å². The van der Waals surface area contributed by atoms with Gasteiger partial charge in [-0.2, -0.15) is 0 Å². The van der Waals surface area contributed by atoms with Crippen molar-refractivity contribution in [1.29, 1.82) is 0 Å². The van der Waals surface area contributed by atoms with Gasteiger partial charge in [0.1, 0.15) is 17.0 Å². The van der Waals surface area contributed by atoms with E-state index in [0.29, 0.717) is 25.3 Å². The van der Waals surface area contributed by atoms with Gasteiger partial charge in [0.05, 0.1) is 6.04 Å². The minimum atomic E-state index is -0.617. The van der Waals surface area contributed by atoms with E-state index in [1.807, 2.05) is 33.8 Å². The van der Waals surface area contributed by atoms with Crippen LogP contribution in [0, 0.1) is 12.8 Å². The number of azide groups is 1. The smallest absolute Gasteiger partial charge is 0.413 e. The van der Waals surface area contributed by atoms with Gasteiger partial charge in [0, 0.05) is 23.7 Å². The van der Waals surface area contributed by atoms with E-state index in [4.69, 9.17) is 15.0 Å². The van der Waals surface area contributed by atoms with Crippen molar-refractivity contribution in [2.45, 2.75) is 72.1 Å². The zero-order valence-electron chi connectivity index (χ0n) is 19.3. The second kappa shape index (κ2) is 9.43. The van der Waals surface area contributed by atoms with E-state index in [1.165, 1.54) is 0 Å². The molecule has 1 aromatic heterocycles. The summed E-state index contributed by atoms with van der Waals surface area (Å²) in [7, 11) is 0. The normalized spacial score (nSPS) is 18.9. The first kappa shape index (κ1) is 24.3. The SMILES string of the molecule is Cc1cc(C[C@H]2CN(C(=O)OC(C)(C)C)C[C@H]2N=[N+]=[N-])cc(NC(=O)OC(C)(C)C)n1. The molecule has 1 aliphatic rings. The lowest BCUT2D eigenvalue weighted by atomic mass is 9.95. The molecule has 1 saturated heterocycles. The molecule has 0 bridgehead atoms. The molecule has 2 heterocycles. The molecule has 10 heteroatoms. The molecule has 1 aliphatic heterocycles. The summed E-state index contributed by atoms with van der Waals surface area (Å²) in [5, 5.41) is 6.54. The highest BCUT2D eigenvalue weighted by Crippen LogP contribution is 2.27. The largest absolute Gasteiger partial charge is 0.444 e. The zero-order valence-corrected chi connectivity index (χ0v) is 19.3. The summed E-state index contributed by atoms with van der Waals surface area (Å²) in [6.45, 7) is 13.3. The van der Waals surface area contributed by atoms with E-state index in [9.17, 15) is 9.59 Å². The molecule has 1 N–H and O–H groups in total. The van der Waals surface area contributed by atoms with Crippen LogP contribution in [0.2, 0.25) is 0 Å². The lowest BCUT2D eigenvalue weighted by Crippen LogP contribution is -2.35. The van der Waals surface area contributed by atoms with Crippen molar-refractivity contribution < 1.29 is 19.1 Å². The number of anilines is 1. The van der Waals surface area contributed by atoms with Gasteiger partial charge in [-0.25, -0.2) is 14.6 Å². The standard InChI is InChI=1S/C21H32N6O4/c1-13-8-14(10-17(23-13)24-18(28)30-20(2,3)4)9-15-11-27(12-16(15)25-26-22)19(29)31-21(5,6)7/h8,10,15-16H,9,11-12H2,1-7H3,(H,23,24,28)/t15-,16+/m0/s1. The lowest BCUT2D eigenvalue weighted by molar-refractivity contribution is 0.0286. The first-order valence-corrected chi connectivity index (χ1v) is 10.3. The Kier molecular flexibility index (Phi) is 7.38. The Morgan fingerprint density at radius 2 is 1.84 bits per heavy atom. The van der Waals surface area contributed by atoms with Gasteiger partial charge >= 0.3 is 12.2 Å². The third kappa shape index (κ3) is 7.97. The highest BCUT2D eigenvalue weighted by Gasteiger charge is 2.36. The minimum absolute atomic E-state index is 0.0837. The molecule has 31 heavy (non-hydrogen) atoms. The Morgan fingerprint density at radius 3 is 2.42 bits per heavy atom. The number of hydrogen-bond acceptors (Lipinski definition) is 6. The number of likely N-dealkylation sites (tertiary alicyclic amines) is 1. The van der Waals surface area contributed by atoms with Gasteiger partial charge in [-0.05, 0) is 84.0 Å². The van der Waals surface area contributed by atoms with E-state index in [-0.39, 0.29) is 12.0 Å². The molecule has 10 nitrogen and oxygen atoms in total. The maximum absolute atomic E-state index is 12.4. The van der Waals surface area contributed by atoms with Crippen molar-refractivity contribution in [3.8, 4) is 0 Å². The molecule has 0 saturated carbocycles. The van der Waals surface area contributed by atoms with Gasteiger partial charge in [-0.15, -0.1) is 0 Å². The number of amides is 2. The third-order valence-electron chi connectivity index (χ3n) is 4.40. The number of nitrogens with zero attached hydrogens (tertiary/aromatic N) is 5. The van der Waals surface area contributed by atoms with Gasteiger partial charge in [-0.3, -0.25) is 5.32 Å². The van der Waals surface area contributed by atoms with Crippen molar-refractivity contribution in [2.24, 2.45) is 11.0 Å². The van der Waals surface area contributed by atoms with Crippen molar-refractivity contribution >= 4 is 18.0 Å². The molecule has 0 unspecified atom stereocenters. The zero-order chi connectivity index (χ0) is 23.4. The summed E-state index contributed by atoms with van der Waals surface area (Å²) in [4.78, 5) is 33.4. The number of carbonyl (C=O) groups excluding carboxylic acids is 2. The van der Waals surface area contributed by atoms with Gasteiger partial charge < -0.3 is 14.4 Å². The van der Waals surface area contributed by atoms with E-state index in [0.717, 1.165) is 11.3 Å². The first-order chi connectivity index (χ1) is 14.3. The van der Waals surface area contributed by atoms with Crippen LogP contribution in [-0.4, -0.2) is 52.4 Å². The van der Waals surface area contributed by atoms with Crippen LogP contribution in [0.1, 0.15) is 52.8 Å². The summed E-state index contributed by atoms with van der Waals surface area (Å²) in [6, 6.07) is 3.30. The average molecular weight is 433 g/mol. The van der Waals surface area contributed by atoms with Gasteiger partial charge in [0.2, 0.25) is 0 Å². The number of carbonyl (C=O) groups is 2. The molecule has 1 aromatic rings. The summed E-state index contributed by atoms with van der Waals surface area (Å²) < 4.78 is 10.7. The van der Waals surface area contributed by atoms with Crippen molar-refractivity contribution in [3.05, 3.63) is 33.8 Å². The maximum Gasteiger partial charge on any atom is 0.413 e. The lowest BCUT2D eigenvalue weighted by Gasteiger charge is -2.24. The highest BCUT2D eigenvalue weighted by molar-refractivity contribution is 5.83. The van der Waals surface area contributed by atoms with Crippen LogP contribution < -0.4 is 5.32 Å². The van der Waals surface area contributed by atoms with Crippen molar-refractivity contribution in [2.75, 3.05) is 18.4 Å². The van der Waals surface area contributed by atoms with Crippen LogP contribution in [0.15, 0.2) is 17.2 Å². The number of aryl methyl sites for hydroxylation is 1. The third-order valence-corrected chi connectivity index (χ3v) is 4.40. The summed E-state index contributed by atoms with van der Waals surface area (Å²) in [6.07, 6.45) is -0.457. The predicted octanol–water partition coefficient (Wildman–Crippen LogP) is 4.83. The second-order valence-electron chi connectivity index (χ2n) is 9.75. The van der Waals surface area contributed by atoms with Crippen LogP contribution in [0.4, 0.5) is 15.4 Å². The molecule has 1 fully saturated rings. The Labute approximate surface area is 182 Å². The average Bonchev–Trinajstić information content (AvgIpc) is 2.94. The Bertz CT molecular complexity index is 868. The number of nitrogens with one attached hydrogen (secondary N) is 1. The Morgan fingerprint density at radius 1 is 1.19 bits per heavy atom. The second-order valence-corrected chi connectivity index (χ2v) is 9.75. The van der Waals surface area contributed by atoms with Crippen molar-refractivity contribution in [1.82, 2.24) is 9.88 Å². The molecular formula is C21H32N6O4. The van der Waals surface area contributed by atoms with Gasteiger partial charge in [-0.1, -0.05) is 5.11 Å². The fraction of sp³-hybridized carbons (Fsp3) is 0.667. The minimum Gasteiger partial charge on any atom is -0.444 e. The maximum atomic E-state index is 12.4. The number of pyridine rings is 1. The quantitative estimate of drug-likeness (QED) is 0.414. The molecule has 0 aliphatic carbocycles. The fourth-order valence-electron chi connectivity index (χ4n) is 3.36. The van der Waals surface area contributed by atoms with E-state index in [1.54, 1.807) is 31.7 Å². The van der Waals surface area contributed by atoms with Crippen LogP contribution in [0.25, 0.3) is 10.4 Å². The topological polar surface area (TPSA) is 130 Å². The summed E-state index contributed by atoms with van der Waals surface area (Å²) >= 11 is 0. The fourth-order valence-corrected chi connectivity index (χ4v) is 3.36. The van der Waals surface area contributed by atoms with Crippen LogP contribution in [0.5, 0.6) is 0 Å². The predicted molar refractivity (Wildman–Crippen MR) is 117 cm³/mol. The molecule has 0 radical (unpaired) electrons. The number of aromatic nitrogens is 1. The van der Waals surface area contributed by atoms with E-state index >= 15 is 0 Å². The number of rotatable bonds is 4. The molecule has 2 amide bonds. The van der Waals surface area contributed by atoms with Crippen LogP contribution in [0.3, 0.4) is 0 Å². The number of hydrogen-bond donors (Lipinski definition) is 1. The van der Waals surface area contributed by atoms with Crippen LogP contribution >= 0.6 is 0 Å². The Balaban J connectivity index is 2.14. The van der Waals surface area contributed by atoms with Crippen molar-refractivity contribution in [3.63, 3.8) is 0 Å². The molecule has 2 rings (SSSR count). The molecule has 2 atom stereocenters. The van der Waals surface area contributed by atoms with Gasteiger partial charge in [0.15, 0.2) is 0 Å². The molecule has 170 valence electrons. The first-order valence-electron chi connectivity index (χ1n) is 10.3. The molecule has 0 spiro atoms. The molecular weight excluding hydrogens is 400 g/mol. The number of ether oxygens (including phenoxy) is 2. The summed E-state index contributed by atoms with van der Waals surface area (Å²) in [5.74, 6) is 0.297. The van der Waals surface area contributed by atoms with Crippen LogP contribution in [-0.2, 0) is 15.9 Å².